The van der Waals surface area contributed by atoms with E-state index in [1.54, 1.807) is 50.2 Å². The molecule has 158 valence electrons. The minimum absolute atomic E-state index is 0.213. The Balaban J connectivity index is 1.98. The van der Waals surface area contributed by atoms with Crippen LogP contribution in [0.25, 0.3) is 0 Å². The summed E-state index contributed by atoms with van der Waals surface area (Å²) in [6, 6.07) is 12.5. The Hall–Kier alpha value is -3.48. The highest BCUT2D eigenvalue weighted by atomic mass is 16.5. The summed E-state index contributed by atoms with van der Waals surface area (Å²) >= 11 is 0. The molecule has 0 unspecified atom stereocenters. The molecule has 0 spiro atoms. The van der Waals surface area contributed by atoms with Gasteiger partial charge in [-0.15, -0.1) is 0 Å². The number of aryl methyl sites for hydroxylation is 1. The van der Waals surface area contributed by atoms with Crippen molar-refractivity contribution in [2.45, 2.75) is 33.7 Å². The molecule has 0 heterocycles. The SMILES string of the molecule is CC(=O)Nc1ccc(C(=O)COC(=O)[C@@H](NC(=O)c2ccccc2C)C(C)C)cc1. The number of benzene rings is 2. The number of rotatable bonds is 8. The molecule has 2 rings (SSSR count). The fourth-order valence-corrected chi connectivity index (χ4v) is 2.80. The molecular formula is C23H26N2O5. The predicted octanol–water partition coefficient (Wildman–Crippen LogP) is 3.13. The zero-order chi connectivity index (χ0) is 22.3. The van der Waals surface area contributed by atoms with E-state index in [0.717, 1.165) is 5.56 Å². The minimum atomic E-state index is -0.882. The molecule has 7 heteroatoms. The van der Waals surface area contributed by atoms with Crippen molar-refractivity contribution in [3.63, 3.8) is 0 Å². The van der Waals surface area contributed by atoms with Crippen molar-refractivity contribution in [2.24, 2.45) is 5.92 Å². The van der Waals surface area contributed by atoms with Crippen molar-refractivity contribution in [1.29, 1.82) is 0 Å². The summed E-state index contributed by atoms with van der Waals surface area (Å²) in [6.45, 7) is 6.33. The number of nitrogens with one attached hydrogen (secondary N) is 2. The van der Waals surface area contributed by atoms with Gasteiger partial charge in [0.05, 0.1) is 0 Å². The van der Waals surface area contributed by atoms with Gasteiger partial charge in [0.2, 0.25) is 5.91 Å². The number of amides is 2. The van der Waals surface area contributed by atoms with Gasteiger partial charge in [-0.25, -0.2) is 4.79 Å². The molecule has 2 amide bonds. The van der Waals surface area contributed by atoms with Crippen LogP contribution in [0.2, 0.25) is 0 Å². The van der Waals surface area contributed by atoms with Crippen molar-refractivity contribution < 1.29 is 23.9 Å². The molecule has 0 aromatic heterocycles. The van der Waals surface area contributed by atoms with Crippen molar-refractivity contribution in [2.75, 3.05) is 11.9 Å². The molecule has 2 N–H and O–H groups in total. The average Bonchev–Trinajstić information content (AvgIpc) is 2.70. The van der Waals surface area contributed by atoms with Gasteiger partial charge in [-0.2, -0.15) is 0 Å². The molecule has 2 aromatic rings. The lowest BCUT2D eigenvalue weighted by Crippen LogP contribution is -2.45. The number of hydrogen-bond donors (Lipinski definition) is 2. The Bertz CT molecular complexity index is 935. The van der Waals surface area contributed by atoms with Gasteiger partial charge in [-0.05, 0) is 48.7 Å². The van der Waals surface area contributed by atoms with E-state index in [0.29, 0.717) is 16.8 Å². The molecule has 0 aliphatic rings. The van der Waals surface area contributed by atoms with Crippen LogP contribution in [-0.4, -0.2) is 36.2 Å². The van der Waals surface area contributed by atoms with Gasteiger partial charge in [-0.3, -0.25) is 14.4 Å². The number of carbonyl (C=O) groups is 4. The number of Topliss-reactive ketones (excluding diaryl/α,β-unsaturated/α-hetero) is 1. The highest BCUT2D eigenvalue weighted by Gasteiger charge is 2.27. The van der Waals surface area contributed by atoms with Crippen LogP contribution >= 0.6 is 0 Å². The first-order valence-electron chi connectivity index (χ1n) is 9.63. The summed E-state index contributed by atoms with van der Waals surface area (Å²) in [7, 11) is 0. The van der Waals surface area contributed by atoms with Gasteiger partial charge >= 0.3 is 5.97 Å². The van der Waals surface area contributed by atoms with E-state index < -0.39 is 18.6 Å². The third-order valence-corrected chi connectivity index (χ3v) is 4.47. The van der Waals surface area contributed by atoms with Crippen LogP contribution in [0.4, 0.5) is 5.69 Å². The maximum atomic E-state index is 12.5. The normalized spacial score (nSPS) is 11.5. The van der Waals surface area contributed by atoms with E-state index >= 15 is 0 Å². The van der Waals surface area contributed by atoms with Gasteiger partial charge in [0, 0.05) is 23.7 Å². The minimum Gasteiger partial charge on any atom is -0.456 e. The van der Waals surface area contributed by atoms with E-state index in [9.17, 15) is 19.2 Å². The summed E-state index contributed by atoms with van der Waals surface area (Å²) < 4.78 is 5.17. The fraction of sp³-hybridized carbons (Fsp3) is 0.304. The maximum Gasteiger partial charge on any atom is 0.329 e. The molecule has 0 bridgehead atoms. The van der Waals surface area contributed by atoms with Crippen LogP contribution in [0, 0.1) is 12.8 Å². The first kappa shape index (κ1) is 22.8. The lowest BCUT2D eigenvalue weighted by molar-refractivity contribution is -0.146. The molecule has 7 nitrogen and oxygen atoms in total. The van der Waals surface area contributed by atoms with Crippen molar-refractivity contribution >= 4 is 29.3 Å². The number of anilines is 1. The molecular weight excluding hydrogens is 384 g/mol. The molecule has 2 aromatic carbocycles. The molecule has 1 atom stereocenters. The van der Waals surface area contributed by atoms with Crippen LogP contribution in [0.15, 0.2) is 48.5 Å². The number of ether oxygens (including phenoxy) is 1. The van der Waals surface area contributed by atoms with Gasteiger partial charge in [0.25, 0.3) is 5.91 Å². The number of hydrogen-bond acceptors (Lipinski definition) is 5. The van der Waals surface area contributed by atoms with Crippen LogP contribution in [-0.2, 0) is 14.3 Å². The quantitative estimate of drug-likeness (QED) is 0.514. The summed E-state index contributed by atoms with van der Waals surface area (Å²) in [4.78, 5) is 48.4. The second kappa shape index (κ2) is 10.3. The zero-order valence-corrected chi connectivity index (χ0v) is 17.5. The second-order valence-corrected chi connectivity index (χ2v) is 7.30. The Morgan fingerprint density at radius 3 is 2.17 bits per heavy atom. The Labute approximate surface area is 175 Å². The summed E-state index contributed by atoms with van der Waals surface area (Å²) in [5.74, 6) is -1.86. The van der Waals surface area contributed by atoms with Gasteiger partial charge in [0.1, 0.15) is 6.04 Å². The summed E-state index contributed by atoms with van der Waals surface area (Å²) in [6.07, 6.45) is 0. The Morgan fingerprint density at radius 2 is 1.60 bits per heavy atom. The van der Waals surface area contributed by atoms with Crippen LogP contribution in [0.1, 0.15) is 47.1 Å². The molecule has 0 aliphatic heterocycles. The van der Waals surface area contributed by atoms with E-state index in [4.69, 9.17) is 4.74 Å². The highest BCUT2D eigenvalue weighted by molar-refractivity contribution is 6.00. The molecule has 0 radical (unpaired) electrons. The molecule has 30 heavy (non-hydrogen) atoms. The van der Waals surface area contributed by atoms with Gasteiger partial charge in [0.15, 0.2) is 12.4 Å². The Morgan fingerprint density at radius 1 is 0.967 bits per heavy atom. The number of carbonyl (C=O) groups excluding carboxylic acids is 4. The lowest BCUT2D eigenvalue weighted by Gasteiger charge is -2.21. The summed E-state index contributed by atoms with van der Waals surface area (Å²) in [5, 5.41) is 5.31. The topological polar surface area (TPSA) is 102 Å². The van der Waals surface area contributed by atoms with E-state index in [-0.39, 0.29) is 23.5 Å². The van der Waals surface area contributed by atoms with E-state index in [1.807, 2.05) is 19.1 Å². The average molecular weight is 410 g/mol. The van der Waals surface area contributed by atoms with Crippen LogP contribution < -0.4 is 10.6 Å². The third kappa shape index (κ3) is 6.27. The van der Waals surface area contributed by atoms with Crippen molar-refractivity contribution in [3.05, 3.63) is 65.2 Å². The first-order chi connectivity index (χ1) is 14.2. The van der Waals surface area contributed by atoms with E-state index in [1.165, 1.54) is 6.92 Å². The molecule has 0 fully saturated rings. The Kier molecular flexibility index (Phi) is 7.86. The van der Waals surface area contributed by atoms with Gasteiger partial charge in [-0.1, -0.05) is 32.0 Å². The van der Waals surface area contributed by atoms with Gasteiger partial charge < -0.3 is 15.4 Å². The second-order valence-electron chi connectivity index (χ2n) is 7.30. The molecule has 0 saturated carbocycles. The number of ketones is 1. The first-order valence-corrected chi connectivity index (χ1v) is 9.63. The zero-order valence-electron chi connectivity index (χ0n) is 17.5. The van der Waals surface area contributed by atoms with Crippen molar-refractivity contribution in [1.82, 2.24) is 5.32 Å². The largest absolute Gasteiger partial charge is 0.456 e. The van der Waals surface area contributed by atoms with E-state index in [2.05, 4.69) is 10.6 Å². The van der Waals surface area contributed by atoms with Crippen LogP contribution in [0.3, 0.4) is 0 Å². The third-order valence-electron chi connectivity index (χ3n) is 4.47. The molecule has 0 saturated heterocycles. The smallest absolute Gasteiger partial charge is 0.329 e. The predicted molar refractivity (Wildman–Crippen MR) is 113 cm³/mol. The lowest BCUT2D eigenvalue weighted by atomic mass is 10.0. The van der Waals surface area contributed by atoms with Crippen molar-refractivity contribution in [3.8, 4) is 0 Å². The summed E-state index contributed by atoms with van der Waals surface area (Å²) in [5.41, 5.74) is 2.19. The fourth-order valence-electron chi connectivity index (χ4n) is 2.80. The maximum absolute atomic E-state index is 12.5. The monoisotopic (exact) mass is 410 g/mol. The van der Waals surface area contributed by atoms with Crippen LogP contribution in [0.5, 0.6) is 0 Å². The number of esters is 1. The molecule has 0 aliphatic carbocycles. The highest BCUT2D eigenvalue weighted by Crippen LogP contribution is 2.12. The standard InChI is InChI=1S/C23H26N2O5/c1-14(2)21(25-22(28)19-8-6-5-7-15(19)3)23(29)30-13-20(27)17-9-11-18(12-10-17)24-16(4)26/h5-12,14,21H,13H2,1-4H3,(H,24,26)(H,25,28)/t21-/m0/s1.